The van der Waals surface area contributed by atoms with Crippen LogP contribution in [0, 0.1) is 34.5 Å². The smallest absolute Gasteiger partial charge is 0.362 e. The third-order valence-corrected chi connectivity index (χ3v) is 8.46. The zero-order valence-corrected chi connectivity index (χ0v) is 15.7. The monoisotopic (exact) mass is 384 g/mol. The standard InChI is InChI=1S/C18H25NO.C2H2F3NO/c1-17-8-7-14-10-3-6-15-18(14,2)9-11(16(20)19-15)13(17)5-4-12(10)17;3-2(4,5)1(6)7/h9-10,12-15H,3-8H2,1-2H3,(H,19,20);(H2,6,7)/t10-,12-,13?,14+,15?,17-,18+;/m0./s1. The highest BCUT2D eigenvalue weighted by atomic mass is 19.4. The molecule has 0 saturated heterocycles. The molecule has 1 heterocycles. The van der Waals surface area contributed by atoms with E-state index in [2.05, 4.69) is 31.0 Å². The minimum Gasteiger partial charge on any atom is -0.362 e. The molecule has 7 heteroatoms. The van der Waals surface area contributed by atoms with E-state index in [1.807, 2.05) is 0 Å². The molecule has 0 aromatic heterocycles. The molecular formula is C20H27F3N2O2. The minimum atomic E-state index is -4.86. The maximum Gasteiger partial charge on any atom is 0.470 e. The van der Waals surface area contributed by atoms with E-state index < -0.39 is 12.1 Å². The molecule has 3 saturated carbocycles. The Morgan fingerprint density at radius 3 is 2.44 bits per heavy atom. The summed E-state index contributed by atoms with van der Waals surface area (Å²) in [6, 6.07) is 0.404. The molecule has 0 aromatic rings. The number of hydrogen-bond donors (Lipinski definition) is 2. The lowest BCUT2D eigenvalue weighted by molar-refractivity contribution is -0.169. The number of nitrogens with two attached hydrogens (primary N) is 1. The second-order valence-corrected chi connectivity index (χ2v) is 9.48. The Bertz CT molecular complexity index is 719. The molecule has 150 valence electrons. The highest BCUT2D eigenvalue weighted by Gasteiger charge is 2.63. The fourth-order valence-electron chi connectivity index (χ4n) is 7.24. The van der Waals surface area contributed by atoms with Crippen molar-refractivity contribution in [3.8, 4) is 0 Å². The molecule has 0 spiro atoms. The summed E-state index contributed by atoms with van der Waals surface area (Å²) >= 11 is 0. The summed E-state index contributed by atoms with van der Waals surface area (Å²) in [4.78, 5) is 21.7. The van der Waals surface area contributed by atoms with Crippen LogP contribution in [-0.4, -0.2) is 24.0 Å². The van der Waals surface area contributed by atoms with Gasteiger partial charge in [0, 0.05) is 17.0 Å². The van der Waals surface area contributed by atoms with Crippen molar-refractivity contribution in [1.29, 1.82) is 0 Å². The van der Waals surface area contributed by atoms with Gasteiger partial charge in [-0.05, 0) is 67.6 Å². The van der Waals surface area contributed by atoms with E-state index in [0.717, 1.165) is 17.8 Å². The predicted octanol–water partition coefficient (Wildman–Crippen LogP) is 3.32. The Kier molecular flexibility index (Phi) is 4.00. The van der Waals surface area contributed by atoms with Gasteiger partial charge < -0.3 is 11.1 Å². The number of hydrogen-bond acceptors (Lipinski definition) is 2. The van der Waals surface area contributed by atoms with Gasteiger partial charge in [-0.25, -0.2) is 0 Å². The third-order valence-electron chi connectivity index (χ3n) is 8.46. The largest absolute Gasteiger partial charge is 0.470 e. The third kappa shape index (κ3) is 2.56. The second-order valence-electron chi connectivity index (χ2n) is 9.48. The minimum absolute atomic E-state index is 0.245. The summed E-state index contributed by atoms with van der Waals surface area (Å²) in [7, 11) is 0. The van der Waals surface area contributed by atoms with Crippen LogP contribution in [0.5, 0.6) is 0 Å². The van der Waals surface area contributed by atoms with Gasteiger partial charge in [-0.15, -0.1) is 0 Å². The summed E-state index contributed by atoms with van der Waals surface area (Å²) in [6.07, 6.45) is 5.51. The zero-order valence-electron chi connectivity index (χ0n) is 15.7. The Morgan fingerprint density at radius 1 is 1.15 bits per heavy atom. The number of alkyl halides is 3. The number of primary amides is 1. The Labute approximate surface area is 157 Å². The first-order chi connectivity index (χ1) is 12.5. The SMILES string of the molecule is C[C@]12C=C3C(=O)NC1CC[C@@H]1[C@H]2CC[C@]2(C)C3CC[C@@H]12.NC(=O)C(F)(F)F. The van der Waals surface area contributed by atoms with Crippen LogP contribution in [0.1, 0.15) is 52.4 Å². The van der Waals surface area contributed by atoms with Crippen LogP contribution in [0.2, 0.25) is 0 Å². The molecule has 1 aliphatic heterocycles. The van der Waals surface area contributed by atoms with E-state index >= 15 is 0 Å². The molecular weight excluding hydrogens is 357 g/mol. The first kappa shape index (κ1) is 18.8. The topological polar surface area (TPSA) is 72.2 Å². The number of fused-ring (bicyclic) bond motifs is 1. The zero-order chi connectivity index (χ0) is 19.8. The molecule has 7 atom stereocenters. The van der Waals surface area contributed by atoms with E-state index in [-0.39, 0.29) is 11.3 Å². The molecule has 0 radical (unpaired) electrons. The summed E-state index contributed by atoms with van der Waals surface area (Å²) in [5.41, 5.74) is 5.63. The van der Waals surface area contributed by atoms with Crippen molar-refractivity contribution >= 4 is 11.8 Å². The molecule has 4 nitrogen and oxygen atoms in total. The normalized spacial score (nSPS) is 46.6. The lowest BCUT2D eigenvalue weighted by Crippen LogP contribution is -2.62. The van der Waals surface area contributed by atoms with E-state index in [4.69, 9.17) is 4.79 Å². The van der Waals surface area contributed by atoms with Gasteiger partial charge in [0.2, 0.25) is 5.91 Å². The Hall–Kier alpha value is -1.53. The van der Waals surface area contributed by atoms with E-state index in [0.29, 0.717) is 17.4 Å². The number of halogens is 3. The highest BCUT2D eigenvalue weighted by molar-refractivity contribution is 5.95. The van der Waals surface area contributed by atoms with Crippen LogP contribution in [0.3, 0.4) is 0 Å². The van der Waals surface area contributed by atoms with Gasteiger partial charge in [0.1, 0.15) is 0 Å². The van der Waals surface area contributed by atoms with Crippen molar-refractivity contribution in [2.75, 3.05) is 0 Å². The molecule has 6 aliphatic rings. The Morgan fingerprint density at radius 2 is 1.81 bits per heavy atom. The molecule has 6 rings (SSSR count). The van der Waals surface area contributed by atoms with E-state index in [1.165, 1.54) is 44.1 Å². The van der Waals surface area contributed by atoms with Gasteiger partial charge in [-0.1, -0.05) is 19.9 Å². The quantitative estimate of drug-likeness (QED) is 0.673. The summed E-state index contributed by atoms with van der Waals surface area (Å²) in [5, 5.41) is 3.39. The van der Waals surface area contributed by atoms with Crippen LogP contribution in [-0.2, 0) is 9.59 Å². The highest BCUT2D eigenvalue weighted by Crippen LogP contribution is 2.68. The molecule has 2 amide bonds. The molecule has 3 fully saturated rings. The number of nitrogens with one attached hydrogen (secondary N) is 1. The summed E-state index contributed by atoms with van der Waals surface area (Å²) < 4.78 is 32.1. The van der Waals surface area contributed by atoms with Crippen molar-refractivity contribution in [3.05, 3.63) is 11.6 Å². The van der Waals surface area contributed by atoms with Crippen molar-refractivity contribution in [2.24, 2.45) is 40.2 Å². The van der Waals surface area contributed by atoms with Crippen molar-refractivity contribution in [1.82, 2.24) is 5.32 Å². The molecule has 2 unspecified atom stereocenters. The van der Waals surface area contributed by atoms with Crippen LogP contribution in [0.15, 0.2) is 11.6 Å². The van der Waals surface area contributed by atoms with Crippen LogP contribution in [0.25, 0.3) is 0 Å². The average molecular weight is 384 g/mol. The number of rotatable bonds is 0. The Balaban J connectivity index is 0.000000224. The maximum absolute atomic E-state index is 12.6. The number of amides is 2. The van der Waals surface area contributed by atoms with Gasteiger partial charge in [-0.2, -0.15) is 13.2 Å². The first-order valence-electron chi connectivity index (χ1n) is 9.88. The van der Waals surface area contributed by atoms with Crippen LogP contribution in [0.4, 0.5) is 13.2 Å². The lowest BCUT2D eigenvalue weighted by Gasteiger charge is -2.62. The van der Waals surface area contributed by atoms with Gasteiger partial charge >= 0.3 is 12.1 Å². The van der Waals surface area contributed by atoms with Gasteiger partial charge in [-0.3, -0.25) is 9.59 Å². The fraction of sp³-hybridized carbons (Fsp3) is 0.800. The van der Waals surface area contributed by atoms with Gasteiger partial charge in [0.25, 0.3) is 0 Å². The summed E-state index contributed by atoms with van der Waals surface area (Å²) in [6.45, 7) is 4.95. The maximum atomic E-state index is 12.6. The first-order valence-corrected chi connectivity index (χ1v) is 9.88. The molecule has 0 aromatic carbocycles. The van der Waals surface area contributed by atoms with Crippen LogP contribution >= 0.6 is 0 Å². The van der Waals surface area contributed by atoms with Gasteiger partial charge in [0.15, 0.2) is 0 Å². The molecule has 5 aliphatic carbocycles. The van der Waals surface area contributed by atoms with Crippen LogP contribution < -0.4 is 11.1 Å². The predicted molar refractivity (Wildman–Crippen MR) is 93.1 cm³/mol. The van der Waals surface area contributed by atoms with Crippen molar-refractivity contribution < 1.29 is 22.8 Å². The lowest BCUT2D eigenvalue weighted by atomic mass is 9.45. The van der Waals surface area contributed by atoms with E-state index in [9.17, 15) is 18.0 Å². The fourth-order valence-corrected chi connectivity index (χ4v) is 7.24. The second kappa shape index (κ2) is 5.74. The molecule has 27 heavy (non-hydrogen) atoms. The number of carbonyl (C=O) groups excluding carboxylic acids is 2. The van der Waals surface area contributed by atoms with Crippen molar-refractivity contribution in [2.45, 2.75) is 64.6 Å². The number of carbonyl (C=O) groups is 2. The van der Waals surface area contributed by atoms with Gasteiger partial charge in [0.05, 0.1) is 0 Å². The molecule has 7 bridgehead atoms. The van der Waals surface area contributed by atoms with Crippen molar-refractivity contribution in [3.63, 3.8) is 0 Å². The van der Waals surface area contributed by atoms with E-state index in [1.54, 1.807) is 0 Å². The average Bonchev–Trinajstić information content (AvgIpc) is 2.90. The molecule has 3 N–H and O–H groups in total. The summed E-state index contributed by atoms with van der Waals surface area (Å²) in [5.74, 6) is 1.18.